The van der Waals surface area contributed by atoms with Crippen LogP contribution in [0.5, 0.6) is 0 Å². The molecule has 0 radical (unpaired) electrons. The molecule has 0 aliphatic heterocycles. The lowest BCUT2D eigenvalue weighted by atomic mass is 9.98. The van der Waals surface area contributed by atoms with Crippen molar-refractivity contribution in [3.8, 4) is 11.1 Å². The molecule has 7 heteroatoms. The Bertz CT molecular complexity index is 1140. The molecular weight excluding hydrogens is 404 g/mol. The number of carboxylic acid groups (broad SMARTS) is 1. The van der Waals surface area contributed by atoms with E-state index in [0.29, 0.717) is 0 Å². The summed E-state index contributed by atoms with van der Waals surface area (Å²) in [5, 5.41) is 22.2. The molecule has 2 aliphatic carbocycles. The number of nitrogens with one attached hydrogen (secondary N) is 3. The van der Waals surface area contributed by atoms with Crippen molar-refractivity contribution in [3.63, 3.8) is 0 Å². The van der Waals surface area contributed by atoms with Gasteiger partial charge in [0.2, 0.25) is 0 Å². The highest BCUT2D eigenvalue weighted by atomic mass is 16.4. The summed E-state index contributed by atoms with van der Waals surface area (Å²) in [7, 11) is 0. The minimum atomic E-state index is -1.06. The average Bonchev–Trinajstić information content (AvgIpc) is 3.54. The minimum Gasteiger partial charge on any atom is -0.480 e. The fourth-order valence-corrected chi connectivity index (χ4v) is 5.00. The number of aliphatic carboxylic acids is 1. The van der Waals surface area contributed by atoms with Crippen LogP contribution in [0.4, 0.5) is 10.5 Å². The van der Waals surface area contributed by atoms with E-state index in [1.165, 1.54) is 22.3 Å². The number of nitrogens with zero attached hydrogens (tertiary/aromatic N) is 1. The van der Waals surface area contributed by atoms with Gasteiger partial charge in [0.15, 0.2) is 0 Å². The molecule has 0 bridgehead atoms. The Morgan fingerprint density at radius 3 is 2.44 bits per heavy atom. The molecule has 3 aromatic rings. The zero-order chi connectivity index (χ0) is 22.1. The maximum absolute atomic E-state index is 12.9. The first-order valence-electron chi connectivity index (χ1n) is 11.1. The monoisotopic (exact) mass is 430 g/mol. The van der Waals surface area contributed by atoms with Crippen LogP contribution >= 0.6 is 0 Å². The van der Waals surface area contributed by atoms with Crippen molar-refractivity contribution in [2.75, 3.05) is 5.32 Å². The van der Waals surface area contributed by atoms with Gasteiger partial charge in [0.25, 0.3) is 0 Å². The van der Waals surface area contributed by atoms with Gasteiger partial charge >= 0.3 is 12.0 Å². The molecule has 2 aliphatic rings. The summed E-state index contributed by atoms with van der Waals surface area (Å²) in [6.07, 6.45) is 9.90. The van der Waals surface area contributed by atoms with Gasteiger partial charge in [-0.05, 0) is 71.9 Å². The predicted molar refractivity (Wildman–Crippen MR) is 122 cm³/mol. The summed E-state index contributed by atoms with van der Waals surface area (Å²) in [6, 6.07) is 8.44. The van der Waals surface area contributed by atoms with E-state index in [0.717, 1.165) is 60.9 Å². The van der Waals surface area contributed by atoms with Crippen LogP contribution in [-0.2, 0) is 36.9 Å². The second-order valence-corrected chi connectivity index (χ2v) is 8.61. The fraction of sp³-hybridized carbons (Fsp3) is 0.320. The van der Waals surface area contributed by atoms with Crippen molar-refractivity contribution in [3.05, 3.63) is 70.5 Å². The van der Waals surface area contributed by atoms with Gasteiger partial charge in [-0.15, -0.1) is 0 Å². The molecule has 2 aromatic carbocycles. The number of hydrogen-bond acceptors (Lipinski definition) is 3. The number of H-pyrrole nitrogens is 1. The van der Waals surface area contributed by atoms with Crippen LogP contribution in [0, 0.1) is 0 Å². The Kier molecular flexibility index (Phi) is 5.39. The van der Waals surface area contributed by atoms with Crippen LogP contribution in [-0.4, -0.2) is 33.3 Å². The Balaban J connectivity index is 1.32. The number of aryl methyl sites for hydroxylation is 2. The molecule has 5 rings (SSSR count). The molecule has 4 N–H and O–H groups in total. The topological polar surface area (TPSA) is 107 Å². The summed E-state index contributed by atoms with van der Waals surface area (Å²) in [6.45, 7) is 0. The van der Waals surface area contributed by atoms with Gasteiger partial charge in [-0.2, -0.15) is 5.10 Å². The van der Waals surface area contributed by atoms with Crippen LogP contribution in [0.1, 0.15) is 40.7 Å². The lowest BCUT2D eigenvalue weighted by Gasteiger charge is -2.19. The van der Waals surface area contributed by atoms with Gasteiger partial charge in [-0.25, -0.2) is 9.59 Å². The van der Waals surface area contributed by atoms with Gasteiger partial charge in [0.1, 0.15) is 6.04 Å². The predicted octanol–water partition coefficient (Wildman–Crippen LogP) is 3.87. The van der Waals surface area contributed by atoms with Crippen LogP contribution in [0.3, 0.4) is 0 Å². The molecule has 0 unspecified atom stereocenters. The number of carboxylic acids is 1. The molecule has 1 atom stereocenters. The molecule has 32 heavy (non-hydrogen) atoms. The average molecular weight is 431 g/mol. The normalized spacial score (nSPS) is 15.1. The zero-order valence-corrected chi connectivity index (χ0v) is 17.8. The third kappa shape index (κ3) is 3.98. The molecule has 0 spiro atoms. The molecule has 1 heterocycles. The number of benzene rings is 2. The Labute approximate surface area is 186 Å². The molecule has 1 aromatic heterocycles. The third-order valence-electron chi connectivity index (χ3n) is 6.51. The Morgan fingerprint density at radius 2 is 1.78 bits per heavy atom. The number of carbonyl (C=O) groups is 2. The molecule has 7 nitrogen and oxygen atoms in total. The highest BCUT2D eigenvalue weighted by molar-refractivity contribution is 5.94. The number of anilines is 1. The molecule has 0 fully saturated rings. The first kappa shape index (κ1) is 20.3. The smallest absolute Gasteiger partial charge is 0.326 e. The maximum atomic E-state index is 12.9. The number of fused-ring (bicyclic) bond motifs is 2. The van der Waals surface area contributed by atoms with Crippen molar-refractivity contribution >= 4 is 17.7 Å². The number of aromatic amines is 1. The summed E-state index contributed by atoms with van der Waals surface area (Å²) >= 11 is 0. The lowest BCUT2D eigenvalue weighted by molar-refractivity contribution is -0.139. The second-order valence-electron chi connectivity index (χ2n) is 8.61. The molecular formula is C25H26N4O3. The van der Waals surface area contributed by atoms with Crippen molar-refractivity contribution in [1.82, 2.24) is 15.5 Å². The third-order valence-corrected chi connectivity index (χ3v) is 6.51. The number of urea groups is 1. The maximum Gasteiger partial charge on any atom is 0.326 e. The van der Waals surface area contributed by atoms with Crippen LogP contribution in [0.15, 0.2) is 42.7 Å². The highest BCUT2D eigenvalue weighted by Crippen LogP contribution is 2.38. The van der Waals surface area contributed by atoms with Crippen LogP contribution in [0.25, 0.3) is 11.1 Å². The van der Waals surface area contributed by atoms with Crippen molar-refractivity contribution < 1.29 is 14.7 Å². The number of carbonyl (C=O) groups excluding carboxylic acids is 1. The minimum absolute atomic E-state index is 0.194. The van der Waals surface area contributed by atoms with Gasteiger partial charge in [0.05, 0.1) is 6.20 Å². The van der Waals surface area contributed by atoms with Crippen molar-refractivity contribution in [1.29, 1.82) is 0 Å². The highest BCUT2D eigenvalue weighted by Gasteiger charge is 2.26. The Morgan fingerprint density at radius 1 is 1.03 bits per heavy atom. The molecule has 0 saturated carbocycles. The largest absolute Gasteiger partial charge is 0.480 e. The number of hydrogen-bond donors (Lipinski definition) is 4. The van der Waals surface area contributed by atoms with Crippen LogP contribution < -0.4 is 10.6 Å². The van der Waals surface area contributed by atoms with E-state index in [4.69, 9.17) is 0 Å². The van der Waals surface area contributed by atoms with Crippen molar-refractivity contribution in [2.24, 2.45) is 0 Å². The number of amides is 2. The summed E-state index contributed by atoms with van der Waals surface area (Å²) in [4.78, 5) is 24.8. The summed E-state index contributed by atoms with van der Waals surface area (Å²) < 4.78 is 0. The molecule has 164 valence electrons. The van der Waals surface area contributed by atoms with E-state index in [1.54, 1.807) is 12.4 Å². The molecule has 0 saturated heterocycles. The standard InChI is InChI=1S/C25H26N4O3/c30-24(31)22(11-15-4-1-5-16(10-15)19-13-26-27-14-19)28-25(32)29-23-20-8-2-6-17(20)12-18-7-3-9-21(18)23/h1,4-5,10,12-14,22H,2-3,6-9,11H2,(H,26,27)(H,30,31)(H2,28,29,32)/t22-/m1/s1. The van der Waals surface area contributed by atoms with Gasteiger partial charge in [-0.1, -0.05) is 30.3 Å². The summed E-state index contributed by atoms with van der Waals surface area (Å²) in [5.74, 6) is -1.06. The van der Waals surface area contributed by atoms with E-state index in [1.807, 2.05) is 24.3 Å². The zero-order valence-electron chi connectivity index (χ0n) is 17.8. The van der Waals surface area contributed by atoms with Gasteiger partial charge in [0, 0.05) is 23.9 Å². The van der Waals surface area contributed by atoms with Crippen molar-refractivity contribution in [2.45, 2.75) is 51.0 Å². The van der Waals surface area contributed by atoms with Gasteiger partial charge < -0.3 is 15.7 Å². The van der Waals surface area contributed by atoms with Crippen LogP contribution in [0.2, 0.25) is 0 Å². The quantitative estimate of drug-likeness (QED) is 0.476. The van der Waals surface area contributed by atoms with E-state index >= 15 is 0 Å². The first-order valence-corrected chi connectivity index (χ1v) is 11.1. The van der Waals surface area contributed by atoms with E-state index in [2.05, 4.69) is 26.9 Å². The van der Waals surface area contributed by atoms with E-state index in [9.17, 15) is 14.7 Å². The van der Waals surface area contributed by atoms with Gasteiger partial charge in [-0.3, -0.25) is 5.10 Å². The fourth-order valence-electron chi connectivity index (χ4n) is 5.00. The Hall–Kier alpha value is -3.61. The number of rotatable bonds is 6. The lowest BCUT2D eigenvalue weighted by Crippen LogP contribution is -2.44. The SMILES string of the molecule is O=C(Nc1c2c(cc3c1CCC3)CCC2)N[C@H](Cc1cccc(-c2cn[nH]c2)c1)C(=O)O. The second kappa shape index (κ2) is 8.49. The summed E-state index contributed by atoms with van der Waals surface area (Å²) in [5.41, 5.74) is 8.71. The number of aromatic nitrogens is 2. The van der Waals surface area contributed by atoms with E-state index < -0.39 is 18.0 Å². The first-order chi connectivity index (χ1) is 15.6. The van der Waals surface area contributed by atoms with E-state index in [-0.39, 0.29) is 6.42 Å². The molecule has 2 amide bonds.